The molecule has 1 aromatic heterocycles. The van der Waals surface area contributed by atoms with Crippen LogP contribution >= 0.6 is 0 Å². The molecular weight excluding hydrogens is 222 g/mol. The molecule has 0 aliphatic rings. The van der Waals surface area contributed by atoms with Crippen LogP contribution in [0.4, 0.5) is 0 Å². The van der Waals surface area contributed by atoms with Gasteiger partial charge in [0, 0.05) is 25.0 Å². The Hall–Kier alpha value is -1.61. The summed E-state index contributed by atoms with van der Waals surface area (Å²) in [5.41, 5.74) is 3.94. The van der Waals surface area contributed by atoms with Crippen LogP contribution in [0.15, 0.2) is 36.5 Å². The maximum Gasteiger partial charge on any atom is 0.0492 e. The lowest BCUT2D eigenvalue weighted by molar-refractivity contribution is 0.535. The predicted octanol–water partition coefficient (Wildman–Crippen LogP) is 2.62. The van der Waals surface area contributed by atoms with Crippen LogP contribution in [-0.4, -0.2) is 16.8 Å². The number of benzene rings is 1. The molecule has 2 aromatic rings. The largest absolute Gasteiger partial charge is 0.313 e. The van der Waals surface area contributed by atoms with Crippen LogP contribution in [0.25, 0.3) is 0 Å². The number of nitrogens with zero attached hydrogens (tertiary/aromatic N) is 2. The first-order valence-electron chi connectivity index (χ1n) is 6.41. The van der Waals surface area contributed by atoms with Gasteiger partial charge in [-0.05, 0) is 38.4 Å². The van der Waals surface area contributed by atoms with Crippen LogP contribution in [0, 0.1) is 6.92 Å². The highest BCUT2D eigenvalue weighted by atomic mass is 15.2. The molecule has 0 spiro atoms. The lowest BCUT2D eigenvalue weighted by Gasteiger charge is -2.16. The van der Waals surface area contributed by atoms with Crippen LogP contribution in [0.5, 0.6) is 0 Å². The zero-order valence-electron chi connectivity index (χ0n) is 11.4. The number of hydrogen-bond acceptors (Lipinski definition) is 2. The molecule has 1 heterocycles. The first-order valence-corrected chi connectivity index (χ1v) is 6.41. The minimum atomic E-state index is 0.403. The molecule has 3 heteroatoms. The number of rotatable bonds is 5. The molecule has 0 saturated carbocycles. The van der Waals surface area contributed by atoms with Gasteiger partial charge in [-0.2, -0.15) is 5.10 Å². The summed E-state index contributed by atoms with van der Waals surface area (Å²) < 4.78 is 1.95. The van der Waals surface area contributed by atoms with Gasteiger partial charge in [-0.1, -0.05) is 29.8 Å². The Morgan fingerprint density at radius 3 is 2.50 bits per heavy atom. The first-order chi connectivity index (χ1) is 8.70. The van der Waals surface area contributed by atoms with E-state index in [2.05, 4.69) is 47.7 Å². The molecule has 1 unspecified atom stereocenters. The van der Waals surface area contributed by atoms with Crippen LogP contribution in [0.3, 0.4) is 0 Å². The summed E-state index contributed by atoms with van der Waals surface area (Å²) in [4.78, 5) is 0. The minimum Gasteiger partial charge on any atom is -0.313 e. The quantitative estimate of drug-likeness (QED) is 0.875. The maximum atomic E-state index is 4.20. The van der Waals surface area contributed by atoms with E-state index in [-0.39, 0.29) is 0 Å². The first kappa shape index (κ1) is 12.8. The summed E-state index contributed by atoms with van der Waals surface area (Å²) >= 11 is 0. The van der Waals surface area contributed by atoms with E-state index >= 15 is 0 Å². The summed E-state index contributed by atoms with van der Waals surface area (Å²) in [5, 5.41) is 7.59. The molecule has 0 amide bonds. The topological polar surface area (TPSA) is 29.9 Å². The predicted molar refractivity (Wildman–Crippen MR) is 74.5 cm³/mol. The Morgan fingerprint density at radius 2 is 1.94 bits per heavy atom. The van der Waals surface area contributed by atoms with Gasteiger partial charge in [-0.25, -0.2) is 0 Å². The van der Waals surface area contributed by atoms with Crippen molar-refractivity contribution in [1.82, 2.24) is 15.1 Å². The van der Waals surface area contributed by atoms with Crippen molar-refractivity contribution in [3.63, 3.8) is 0 Å². The average Bonchev–Trinajstić information content (AvgIpc) is 2.78. The average molecular weight is 243 g/mol. The molecule has 3 nitrogen and oxygen atoms in total. The molecule has 96 valence electrons. The van der Waals surface area contributed by atoms with Crippen molar-refractivity contribution in [2.24, 2.45) is 7.05 Å². The third kappa shape index (κ3) is 2.99. The molecule has 18 heavy (non-hydrogen) atoms. The second-order valence-electron chi connectivity index (χ2n) is 4.74. The van der Waals surface area contributed by atoms with E-state index in [0.29, 0.717) is 6.04 Å². The molecule has 0 aliphatic heterocycles. The fourth-order valence-electron chi connectivity index (χ4n) is 2.22. The number of aromatic nitrogens is 2. The fourth-order valence-corrected chi connectivity index (χ4v) is 2.22. The van der Waals surface area contributed by atoms with Crippen molar-refractivity contribution in [2.45, 2.75) is 25.8 Å². The van der Waals surface area contributed by atoms with Crippen molar-refractivity contribution in [1.29, 1.82) is 0 Å². The molecule has 1 atom stereocenters. The van der Waals surface area contributed by atoms with E-state index in [4.69, 9.17) is 0 Å². The second kappa shape index (κ2) is 5.83. The number of aryl methyl sites for hydroxylation is 3. The van der Waals surface area contributed by atoms with E-state index in [1.807, 2.05) is 25.0 Å². The van der Waals surface area contributed by atoms with Crippen LogP contribution in [0.2, 0.25) is 0 Å². The maximum absolute atomic E-state index is 4.20. The smallest absolute Gasteiger partial charge is 0.0492 e. The van der Waals surface area contributed by atoms with Gasteiger partial charge in [-0.3, -0.25) is 4.68 Å². The highest BCUT2D eigenvalue weighted by Gasteiger charge is 2.10. The van der Waals surface area contributed by atoms with Crippen LogP contribution in [-0.2, 0) is 13.5 Å². The summed E-state index contributed by atoms with van der Waals surface area (Å²) in [6.45, 7) is 2.12. The Morgan fingerprint density at radius 1 is 1.22 bits per heavy atom. The Bertz CT molecular complexity index is 485. The number of nitrogens with one attached hydrogen (secondary N) is 1. The van der Waals surface area contributed by atoms with Crippen LogP contribution in [0.1, 0.15) is 29.3 Å². The Kier molecular flexibility index (Phi) is 4.15. The Labute approximate surface area is 109 Å². The van der Waals surface area contributed by atoms with E-state index in [1.54, 1.807) is 0 Å². The Balaban J connectivity index is 2.01. The fraction of sp³-hybridized carbons (Fsp3) is 0.400. The molecule has 0 radical (unpaired) electrons. The zero-order valence-corrected chi connectivity index (χ0v) is 11.4. The normalized spacial score (nSPS) is 12.6. The number of hydrogen-bond donors (Lipinski definition) is 1. The van der Waals surface area contributed by atoms with E-state index < -0.39 is 0 Å². The van der Waals surface area contributed by atoms with Gasteiger partial charge in [0.2, 0.25) is 0 Å². The van der Waals surface area contributed by atoms with Gasteiger partial charge in [0.25, 0.3) is 0 Å². The molecule has 0 aliphatic carbocycles. The van der Waals surface area contributed by atoms with Gasteiger partial charge in [0.1, 0.15) is 0 Å². The third-order valence-corrected chi connectivity index (χ3v) is 3.44. The van der Waals surface area contributed by atoms with Gasteiger partial charge in [0.05, 0.1) is 0 Å². The van der Waals surface area contributed by atoms with Crippen molar-refractivity contribution in [2.75, 3.05) is 7.05 Å². The molecule has 0 fully saturated rings. The summed E-state index contributed by atoms with van der Waals surface area (Å²) in [6.07, 6.45) is 3.98. The van der Waals surface area contributed by atoms with Gasteiger partial charge in [0.15, 0.2) is 0 Å². The van der Waals surface area contributed by atoms with Gasteiger partial charge < -0.3 is 5.32 Å². The standard InChI is InChI=1S/C15H21N3/c1-12-4-6-13(7-5-12)15(16-2)9-8-14-10-11-17-18(14)3/h4-7,10-11,15-16H,8-9H2,1-3H3. The molecule has 0 bridgehead atoms. The molecule has 1 aromatic carbocycles. The monoisotopic (exact) mass is 243 g/mol. The highest BCUT2D eigenvalue weighted by molar-refractivity contribution is 5.24. The van der Waals surface area contributed by atoms with Crippen LogP contribution < -0.4 is 5.32 Å². The second-order valence-corrected chi connectivity index (χ2v) is 4.74. The van der Waals surface area contributed by atoms with Crippen molar-refractivity contribution < 1.29 is 0 Å². The third-order valence-electron chi connectivity index (χ3n) is 3.44. The van der Waals surface area contributed by atoms with Crippen molar-refractivity contribution in [3.8, 4) is 0 Å². The summed E-state index contributed by atoms with van der Waals surface area (Å²) in [6, 6.07) is 11.2. The minimum absolute atomic E-state index is 0.403. The van der Waals surface area contributed by atoms with Gasteiger partial charge >= 0.3 is 0 Å². The molecule has 1 N–H and O–H groups in total. The molecule has 2 rings (SSSR count). The lowest BCUT2D eigenvalue weighted by atomic mass is 10.00. The van der Waals surface area contributed by atoms with Crippen molar-refractivity contribution >= 4 is 0 Å². The van der Waals surface area contributed by atoms with E-state index in [9.17, 15) is 0 Å². The van der Waals surface area contributed by atoms with Gasteiger partial charge in [-0.15, -0.1) is 0 Å². The zero-order chi connectivity index (χ0) is 13.0. The summed E-state index contributed by atoms with van der Waals surface area (Å²) in [7, 11) is 4.02. The molecular formula is C15H21N3. The highest BCUT2D eigenvalue weighted by Crippen LogP contribution is 2.19. The lowest BCUT2D eigenvalue weighted by Crippen LogP contribution is -2.17. The van der Waals surface area contributed by atoms with E-state index in [1.165, 1.54) is 16.8 Å². The molecule has 0 saturated heterocycles. The van der Waals surface area contributed by atoms with E-state index in [0.717, 1.165) is 12.8 Å². The SMILES string of the molecule is CNC(CCc1ccnn1C)c1ccc(C)cc1. The summed E-state index contributed by atoms with van der Waals surface area (Å²) in [5.74, 6) is 0. The van der Waals surface area contributed by atoms with Crippen molar-refractivity contribution in [3.05, 3.63) is 53.3 Å².